The summed E-state index contributed by atoms with van der Waals surface area (Å²) in [6.07, 6.45) is 0. The first-order chi connectivity index (χ1) is 19.4. The lowest BCUT2D eigenvalue weighted by Crippen LogP contribution is -3.05. The van der Waals surface area contributed by atoms with Crippen molar-refractivity contribution < 1.29 is 81.2 Å². The minimum atomic E-state index is -5.94. The minimum Gasteiger partial charge on any atom is -0.398 e. The molecule has 26 N–H and O–H groups in total. The molecule has 13 atom stereocenters. The molecule has 6 aliphatic rings. The standard InChI is InChI=1S/C2H29N11O19Si12/c1-33-19-35(4,23-39(8,17)26-38(7,16)20-33)2-18-37(6,15)27-43(12)30-41(10,22-34(2,3)14)29-42(11)25-36(2,5)24-40(9,21-33)28-44(13,31-42)32-43/h14-17H,3-13H2,1H3. The summed E-state index contributed by atoms with van der Waals surface area (Å²) >= 11 is 0. The first-order valence-corrected chi connectivity index (χ1v) is 33.9. The summed E-state index contributed by atoms with van der Waals surface area (Å²) in [6, 6.07) is 0. The number of hydrogen-bond acceptors (Lipinski definition) is 30. The summed E-state index contributed by atoms with van der Waals surface area (Å²) in [7, 11) is -65.2. The Morgan fingerprint density at radius 3 is 1.30 bits per heavy atom. The van der Waals surface area contributed by atoms with Gasteiger partial charge in [-0.1, -0.05) is 0 Å². The molecule has 6 rings (SSSR count). The molecule has 0 saturated carbocycles. The lowest BCUT2D eigenvalue weighted by Gasteiger charge is -2.61. The number of rotatable bonds is 0. The second kappa shape index (κ2) is 9.39. The van der Waals surface area contributed by atoms with Crippen LogP contribution in [0, 0.1) is 0 Å². The normalized spacial score (nSPS) is 66.0. The zero-order chi connectivity index (χ0) is 33.1. The fourth-order valence-corrected chi connectivity index (χ4v) is 58.5. The molecule has 1 spiro atoms. The largest absolute Gasteiger partial charge is 0.585 e. The molecule has 6 aliphatic heterocycles. The number of nitrogens with two attached hydrogens (primary N) is 11. The van der Waals surface area contributed by atoms with Crippen molar-refractivity contribution in [1.82, 2.24) is 0 Å². The highest BCUT2D eigenvalue weighted by atomic mass is 28.6. The molecule has 6 fully saturated rings. The average molecular weight is 848 g/mol. The maximum absolute atomic E-state index is 12.2. The van der Waals surface area contributed by atoms with Crippen LogP contribution in [-0.2, 0) is 62.0 Å². The van der Waals surface area contributed by atoms with Gasteiger partial charge in [-0.15, -0.1) is 0 Å². The van der Waals surface area contributed by atoms with Crippen molar-refractivity contribution in [2.45, 2.75) is 11.0 Å². The van der Waals surface area contributed by atoms with Gasteiger partial charge >= 0.3 is 107 Å². The van der Waals surface area contributed by atoms with Gasteiger partial charge < -0.3 is 97.4 Å². The van der Waals surface area contributed by atoms with Crippen molar-refractivity contribution in [2.24, 2.45) is 59.4 Å². The van der Waals surface area contributed by atoms with Crippen LogP contribution in [0.15, 0.2) is 0 Å². The zero-order valence-electron chi connectivity index (χ0n) is 21.8. The summed E-state index contributed by atoms with van der Waals surface area (Å²) in [6.45, 7) is 0.975. The molecular weight excluding hydrogens is 819 g/mol. The Balaban J connectivity index is 1.79. The highest BCUT2D eigenvalue weighted by Gasteiger charge is 2.95. The summed E-state index contributed by atoms with van der Waals surface area (Å²) in [4.78, 5) is 45.4. The third kappa shape index (κ3) is 5.57. The molecule has 0 aromatic carbocycles. The first-order valence-electron chi connectivity index (χ1n) is 11.4. The summed E-state index contributed by atoms with van der Waals surface area (Å²) < 4.78 is 81.6. The van der Waals surface area contributed by atoms with Crippen LogP contribution in [0.1, 0.15) is 0 Å². The molecule has 0 aromatic heterocycles. The molecule has 9 bridgehead atoms. The zero-order valence-corrected chi connectivity index (χ0v) is 33.8. The van der Waals surface area contributed by atoms with Gasteiger partial charge in [0.25, 0.3) is 0 Å². The van der Waals surface area contributed by atoms with Crippen LogP contribution in [0.5, 0.6) is 0 Å². The molecule has 0 aromatic rings. The van der Waals surface area contributed by atoms with Crippen LogP contribution in [0.4, 0.5) is 0 Å². The van der Waals surface area contributed by atoms with Crippen molar-refractivity contribution in [2.75, 3.05) is 0 Å². The van der Waals surface area contributed by atoms with Crippen molar-refractivity contribution in [3.05, 3.63) is 0 Å². The van der Waals surface area contributed by atoms with Crippen molar-refractivity contribution >= 4 is 107 Å². The molecule has 6 heterocycles. The highest BCUT2D eigenvalue weighted by molar-refractivity contribution is 7.14. The summed E-state index contributed by atoms with van der Waals surface area (Å²) in [5, 5.41) is 69.3. The minimum absolute atomic E-state index is 0.975. The molecule has 254 valence electrons. The van der Waals surface area contributed by atoms with Gasteiger partial charge in [0.15, 0.2) is 0 Å². The Kier molecular flexibility index (Phi) is 7.52. The van der Waals surface area contributed by atoms with Gasteiger partial charge in [0.1, 0.15) is 0 Å². The van der Waals surface area contributed by atoms with E-state index in [1.165, 1.54) is 0 Å². The topological polar surface area (TPSA) is 506 Å². The predicted octanol–water partition coefficient (Wildman–Crippen LogP) is -13.9. The van der Waals surface area contributed by atoms with E-state index in [0.29, 0.717) is 0 Å². The van der Waals surface area contributed by atoms with Crippen LogP contribution < -0.4 is 59.4 Å². The lowest BCUT2D eigenvalue weighted by atomic mass is 11.6. The van der Waals surface area contributed by atoms with E-state index in [-0.39, 0.29) is 0 Å². The van der Waals surface area contributed by atoms with Crippen molar-refractivity contribution in [1.29, 1.82) is 0 Å². The molecule has 44 heavy (non-hydrogen) atoms. The lowest BCUT2D eigenvalue weighted by molar-refractivity contribution is 0.00407. The Bertz CT molecular complexity index is 1280. The quantitative estimate of drug-likeness (QED) is 0.101. The van der Waals surface area contributed by atoms with E-state index >= 15 is 0 Å². The fraction of sp³-hybridized carbons (Fsp3) is 1.00. The Morgan fingerprint density at radius 2 is 0.773 bits per heavy atom. The third-order valence-corrected chi connectivity index (χ3v) is 50.3. The molecule has 30 nitrogen and oxygen atoms in total. The van der Waals surface area contributed by atoms with Gasteiger partial charge in [-0.25, -0.2) is 0 Å². The van der Waals surface area contributed by atoms with E-state index in [4.69, 9.17) is 121 Å². The molecular formula is C2H29N11O19Si12. The van der Waals surface area contributed by atoms with Crippen molar-refractivity contribution in [3.63, 3.8) is 0 Å². The maximum Gasteiger partial charge on any atom is 0.585 e. The van der Waals surface area contributed by atoms with Gasteiger partial charge in [0, 0.05) is 6.55 Å². The average Bonchev–Trinajstić information content (AvgIpc) is 2.61. The van der Waals surface area contributed by atoms with Gasteiger partial charge in [-0.3, -0.25) is 43.2 Å². The number of fused-ring (bicyclic) bond motifs is 6. The summed E-state index contributed by atoms with van der Waals surface area (Å²) in [5.74, 6) is 0. The van der Waals surface area contributed by atoms with Gasteiger partial charge in [0.05, 0.1) is 0 Å². The Morgan fingerprint density at radius 1 is 0.386 bits per heavy atom. The SMILES string of the molecule is C[Si]12O[Si](N)(O)O[Si](N)(O)O[Si](N)(O1)C13O[Si](N)(O)O[Si]4(N)O[Si]5(N)O[Si](N)(O2)O[Si]1(N)O[Si](N)(O5)O[Si](N)(O4)O[Si]3(N)O. The third-order valence-electron chi connectivity index (χ3n) is 5.97. The second-order valence-corrected chi connectivity index (χ2v) is 40.9. The second-order valence-electron chi connectivity index (χ2n) is 10.0. The van der Waals surface area contributed by atoms with E-state index in [2.05, 4.69) is 0 Å². The van der Waals surface area contributed by atoms with E-state index in [9.17, 15) is 19.2 Å². The van der Waals surface area contributed by atoms with Gasteiger partial charge in [-0.05, 0) is 0 Å². The fourth-order valence-electron chi connectivity index (χ4n) is 5.08. The first kappa shape index (κ1) is 35.2. The predicted molar refractivity (Wildman–Crippen MR) is 149 cm³/mol. The van der Waals surface area contributed by atoms with Gasteiger partial charge in [0.2, 0.25) is 4.47 Å². The van der Waals surface area contributed by atoms with Crippen LogP contribution >= 0.6 is 0 Å². The van der Waals surface area contributed by atoms with Crippen LogP contribution in [0.2, 0.25) is 6.55 Å². The Hall–Kier alpha value is 1.40. The smallest absolute Gasteiger partial charge is 0.398 e. The van der Waals surface area contributed by atoms with E-state index in [0.717, 1.165) is 6.55 Å². The molecule has 42 heteroatoms. The van der Waals surface area contributed by atoms with E-state index in [1.54, 1.807) is 0 Å². The Labute approximate surface area is 257 Å². The van der Waals surface area contributed by atoms with Crippen LogP contribution in [-0.4, -0.2) is 130 Å². The monoisotopic (exact) mass is 847 g/mol. The van der Waals surface area contributed by atoms with Crippen molar-refractivity contribution in [3.8, 4) is 0 Å². The molecule has 13 unspecified atom stereocenters. The molecule has 6 saturated heterocycles. The maximum atomic E-state index is 12.2. The van der Waals surface area contributed by atoms with Gasteiger partial charge in [-0.2, -0.15) is 0 Å². The number of hydrogen-bond donors (Lipinski definition) is 15. The van der Waals surface area contributed by atoms with E-state index in [1.807, 2.05) is 0 Å². The highest BCUT2D eigenvalue weighted by Crippen LogP contribution is 2.49. The summed E-state index contributed by atoms with van der Waals surface area (Å²) in [5.41, 5.74) is 0. The van der Waals surface area contributed by atoms with E-state index < -0.39 is 111 Å². The molecule has 0 aliphatic carbocycles. The van der Waals surface area contributed by atoms with Crippen LogP contribution in [0.3, 0.4) is 0 Å². The van der Waals surface area contributed by atoms with Crippen LogP contribution in [0.25, 0.3) is 0 Å². The molecule has 0 radical (unpaired) electrons. The molecule has 0 amide bonds.